The fraction of sp³-hybridized carbons (Fsp3) is 0.250. The molecule has 0 aliphatic rings. The van der Waals surface area contributed by atoms with Crippen LogP contribution in [-0.4, -0.2) is 9.55 Å². The third kappa shape index (κ3) is 3.01. The number of aryl methyl sites for hydroxylation is 2. The average molecular weight is 406 g/mol. The van der Waals surface area contributed by atoms with Crippen molar-refractivity contribution in [2.45, 2.75) is 20.4 Å². The van der Waals surface area contributed by atoms with Gasteiger partial charge in [-0.3, -0.25) is 0 Å². The van der Waals surface area contributed by atoms with Gasteiger partial charge in [0, 0.05) is 20.8 Å². The zero-order valence-electron chi connectivity index (χ0n) is 9.67. The second kappa shape index (κ2) is 5.39. The standard InChI is InChI=1S/C12H13BrIN3/c1-3-17-7-8(2)15-12(17)16-11-6-9(14)4-5-10(11)13/h4-7H,3H2,1-2H3,(H,15,16). The van der Waals surface area contributed by atoms with Crippen molar-refractivity contribution in [2.24, 2.45) is 0 Å². The molecule has 1 aromatic carbocycles. The minimum atomic E-state index is 0.882. The van der Waals surface area contributed by atoms with Crippen LogP contribution in [0.3, 0.4) is 0 Å². The summed E-state index contributed by atoms with van der Waals surface area (Å²) < 4.78 is 4.34. The third-order valence-electron chi connectivity index (χ3n) is 2.41. The summed E-state index contributed by atoms with van der Waals surface area (Å²) in [6.45, 7) is 5.02. The maximum absolute atomic E-state index is 4.48. The first-order valence-electron chi connectivity index (χ1n) is 5.36. The zero-order valence-corrected chi connectivity index (χ0v) is 13.4. The van der Waals surface area contributed by atoms with Gasteiger partial charge in [-0.25, -0.2) is 4.98 Å². The molecule has 90 valence electrons. The van der Waals surface area contributed by atoms with Crippen molar-refractivity contribution in [1.29, 1.82) is 0 Å². The zero-order chi connectivity index (χ0) is 12.4. The van der Waals surface area contributed by atoms with E-state index >= 15 is 0 Å². The number of rotatable bonds is 3. The summed E-state index contributed by atoms with van der Waals surface area (Å²) in [5, 5.41) is 3.35. The van der Waals surface area contributed by atoms with Crippen molar-refractivity contribution in [2.75, 3.05) is 5.32 Å². The Morgan fingerprint density at radius 3 is 2.94 bits per heavy atom. The fourth-order valence-electron chi connectivity index (χ4n) is 1.60. The number of hydrogen-bond donors (Lipinski definition) is 1. The molecule has 2 aromatic rings. The molecule has 0 atom stereocenters. The molecule has 17 heavy (non-hydrogen) atoms. The van der Waals surface area contributed by atoms with Crippen molar-refractivity contribution < 1.29 is 0 Å². The Kier molecular flexibility index (Phi) is 4.09. The van der Waals surface area contributed by atoms with E-state index in [0.29, 0.717) is 0 Å². The Hall–Kier alpha value is -0.560. The van der Waals surface area contributed by atoms with Gasteiger partial charge >= 0.3 is 0 Å². The fourth-order valence-corrected chi connectivity index (χ4v) is 2.44. The SMILES string of the molecule is CCn1cc(C)nc1Nc1cc(I)ccc1Br. The van der Waals surface area contributed by atoms with E-state index in [1.807, 2.05) is 19.2 Å². The minimum Gasteiger partial charge on any atom is -0.325 e. The van der Waals surface area contributed by atoms with Gasteiger partial charge in [0.1, 0.15) is 0 Å². The highest BCUT2D eigenvalue weighted by Crippen LogP contribution is 2.27. The van der Waals surface area contributed by atoms with Gasteiger partial charge in [0.05, 0.1) is 11.4 Å². The van der Waals surface area contributed by atoms with E-state index in [1.165, 1.54) is 3.57 Å². The highest BCUT2D eigenvalue weighted by Gasteiger charge is 2.07. The van der Waals surface area contributed by atoms with Crippen LogP contribution in [0.5, 0.6) is 0 Å². The lowest BCUT2D eigenvalue weighted by atomic mass is 10.3. The van der Waals surface area contributed by atoms with Crippen LogP contribution in [0.1, 0.15) is 12.6 Å². The molecule has 1 heterocycles. The number of imidazole rings is 1. The van der Waals surface area contributed by atoms with Crippen molar-refractivity contribution in [1.82, 2.24) is 9.55 Å². The van der Waals surface area contributed by atoms with Crippen LogP contribution in [0, 0.1) is 10.5 Å². The van der Waals surface area contributed by atoms with Gasteiger partial charge in [-0.2, -0.15) is 0 Å². The number of hydrogen-bond acceptors (Lipinski definition) is 2. The Labute approximate surface area is 123 Å². The van der Waals surface area contributed by atoms with Gasteiger partial charge in [0.2, 0.25) is 5.95 Å². The molecule has 0 spiro atoms. The van der Waals surface area contributed by atoms with E-state index in [2.05, 4.69) is 72.4 Å². The lowest BCUT2D eigenvalue weighted by Crippen LogP contribution is -2.01. The largest absolute Gasteiger partial charge is 0.325 e. The first-order valence-corrected chi connectivity index (χ1v) is 7.23. The number of nitrogens with one attached hydrogen (secondary N) is 1. The predicted molar refractivity (Wildman–Crippen MR) is 82.8 cm³/mol. The Morgan fingerprint density at radius 1 is 1.47 bits per heavy atom. The van der Waals surface area contributed by atoms with Gasteiger partial charge in [-0.05, 0) is 70.6 Å². The molecule has 0 fully saturated rings. The second-order valence-corrected chi connectivity index (χ2v) is 5.84. The van der Waals surface area contributed by atoms with E-state index in [9.17, 15) is 0 Å². The van der Waals surface area contributed by atoms with Crippen LogP contribution in [0.25, 0.3) is 0 Å². The van der Waals surface area contributed by atoms with E-state index in [1.54, 1.807) is 0 Å². The first kappa shape index (κ1) is 12.9. The second-order valence-electron chi connectivity index (χ2n) is 3.74. The first-order chi connectivity index (χ1) is 8.10. The molecule has 2 rings (SSSR count). The number of aromatic nitrogens is 2. The topological polar surface area (TPSA) is 29.9 Å². The molecular formula is C12H13BrIN3. The third-order valence-corrected chi connectivity index (χ3v) is 3.78. The Bertz CT molecular complexity index is 537. The summed E-state index contributed by atoms with van der Waals surface area (Å²) in [6, 6.07) is 6.19. The molecular weight excluding hydrogens is 393 g/mol. The summed E-state index contributed by atoms with van der Waals surface area (Å²) in [5.74, 6) is 0.882. The van der Waals surface area contributed by atoms with Gasteiger partial charge in [0.25, 0.3) is 0 Å². The maximum atomic E-state index is 4.48. The normalized spacial score (nSPS) is 10.6. The number of anilines is 2. The smallest absolute Gasteiger partial charge is 0.207 e. The van der Waals surface area contributed by atoms with Crippen LogP contribution in [0.2, 0.25) is 0 Å². The average Bonchev–Trinajstić information content (AvgIpc) is 2.64. The van der Waals surface area contributed by atoms with Crippen molar-refractivity contribution in [3.05, 3.63) is 38.1 Å². The quantitative estimate of drug-likeness (QED) is 0.770. The van der Waals surface area contributed by atoms with Crippen LogP contribution in [-0.2, 0) is 6.54 Å². The van der Waals surface area contributed by atoms with Crippen LogP contribution >= 0.6 is 38.5 Å². The van der Waals surface area contributed by atoms with E-state index in [-0.39, 0.29) is 0 Å². The molecule has 0 aliphatic carbocycles. The van der Waals surface area contributed by atoms with E-state index in [0.717, 1.165) is 28.3 Å². The molecule has 3 nitrogen and oxygen atoms in total. The molecule has 0 saturated carbocycles. The van der Waals surface area contributed by atoms with Crippen LogP contribution in [0.4, 0.5) is 11.6 Å². The number of halogens is 2. The summed E-state index contributed by atoms with van der Waals surface area (Å²) in [4.78, 5) is 4.48. The van der Waals surface area contributed by atoms with Crippen LogP contribution in [0.15, 0.2) is 28.9 Å². The Morgan fingerprint density at radius 2 is 2.24 bits per heavy atom. The highest BCUT2D eigenvalue weighted by molar-refractivity contribution is 14.1. The molecule has 0 aliphatic heterocycles. The lowest BCUT2D eigenvalue weighted by Gasteiger charge is -2.09. The summed E-state index contributed by atoms with van der Waals surface area (Å²) in [5.41, 5.74) is 2.06. The lowest BCUT2D eigenvalue weighted by molar-refractivity contribution is 0.771. The van der Waals surface area contributed by atoms with Gasteiger partial charge in [-0.1, -0.05) is 0 Å². The van der Waals surface area contributed by atoms with E-state index in [4.69, 9.17) is 0 Å². The van der Waals surface area contributed by atoms with Crippen molar-refractivity contribution in [3.63, 3.8) is 0 Å². The predicted octanol–water partition coefficient (Wildman–Crippen LogP) is 4.32. The van der Waals surface area contributed by atoms with Gasteiger partial charge < -0.3 is 9.88 Å². The van der Waals surface area contributed by atoms with Crippen molar-refractivity contribution in [3.8, 4) is 0 Å². The molecule has 0 saturated heterocycles. The van der Waals surface area contributed by atoms with E-state index < -0.39 is 0 Å². The number of nitrogens with zero attached hydrogens (tertiary/aromatic N) is 2. The molecule has 0 radical (unpaired) electrons. The van der Waals surface area contributed by atoms with Gasteiger partial charge in [0.15, 0.2) is 0 Å². The molecule has 0 amide bonds. The van der Waals surface area contributed by atoms with Crippen LogP contribution < -0.4 is 5.32 Å². The minimum absolute atomic E-state index is 0.882. The summed E-state index contributed by atoms with van der Waals surface area (Å²) in [6.07, 6.45) is 2.05. The summed E-state index contributed by atoms with van der Waals surface area (Å²) >= 11 is 5.84. The maximum Gasteiger partial charge on any atom is 0.207 e. The molecule has 1 aromatic heterocycles. The monoisotopic (exact) mass is 405 g/mol. The summed E-state index contributed by atoms with van der Waals surface area (Å²) in [7, 11) is 0. The molecule has 0 bridgehead atoms. The van der Waals surface area contributed by atoms with Crippen molar-refractivity contribution >= 4 is 50.2 Å². The molecule has 1 N–H and O–H groups in total. The van der Waals surface area contributed by atoms with Gasteiger partial charge in [-0.15, -0.1) is 0 Å². The molecule has 5 heteroatoms. The highest BCUT2D eigenvalue weighted by atomic mass is 127. The number of benzene rings is 1. The molecule has 0 unspecified atom stereocenters. The Balaban J connectivity index is 2.33.